The van der Waals surface area contributed by atoms with E-state index in [9.17, 15) is 9.59 Å². The molecular formula is C23H23N3O3. The lowest BCUT2D eigenvalue weighted by Gasteiger charge is -2.28. The summed E-state index contributed by atoms with van der Waals surface area (Å²) in [5, 5.41) is 4.85. The fraction of sp³-hybridized carbons (Fsp3) is 0.261. The lowest BCUT2D eigenvalue weighted by molar-refractivity contribution is -0.111. The number of hydrogen-bond donors (Lipinski definition) is 1. The van der Waals surface area contributed by atoms with Gasteiger partial charge in [0.2, 0.25) is 0 Å². The number of piperidine rings is 1. The molecule has 0 saturated carbocycles. The first-order chi connectivity index (χ1) is 14.1. The summed E-state index contributed by atoms with van der Waals surface area (Å²) >= 11 is 0. The number of amidine groups is 1. The van der Waals surface area contributed by atoms with Gasteiger partial charge < -0.3 is 9.32 Å². The maximum absolute atomic E-state index is 12.5. The summed E-state index contributed by atoms with van der Waals surface area (Å²) < 4.78 is 5.97. The van der Waals surface area contributed by atoms with Crippen LogP contribution >= 0.6 is 0 Å². The van der Waals surface area contributed by atoms with Crippen LogP contribution in [0, 0.1) is 0 Å². The van der Waals surface area contributed by atoms with E-state index in [1.54, 1.807) is 18.2 Å². The molecule has 0 atom stereocenters. The van der Waals surface area contributed by atoms with E-state index in [0.717, 1.165) is 31.5 Å². The van der Waals surface area contributed by atoms with Crippen molar-refractivity contribution in [2.24, 2.45) is 5.10 Å². The lowest BCUT2D eigenvalue weighted by atomic mass is 10.1. The Bertz CT molecular complexity index is 1110. The number of carbonyl (C=O) groups excluding carboxylic acids is 1. The van der Waals surface area contributed by atoms with Crippen LogP contribution in [0.1, 0.15) is 26.2 Å². The number of fused-ring (bicyclic) bond motifs is 1. The number of hydrazone groups is 1. The van der Waals surface area contributed by atoms with E-state index in [4.69, 9.17) is 4.42 Å². The van der Waals surface area contributed by atoms with Gasteiger partial charge >= 0.3 is 0 Å². The average molecular weight is 389 g/mol. The summed E-state index contributed by atoms with van der Waals surface area (Å²) in [7, 11) is 0. The fourth-order valence-electron chi connectivity index (χ4n) is 3.56. The topological polar surface area (TPSA) is 74.9 Å². The maximum Gasteiger partial charge on any atom is 0.196 e. The van der Waals surface area contributed by atoms with Crippen LogP contribution in [-0.4, -0.2) is 29.6 Å². The highest BCUT2D eigenvalue weighted by molar-refractivity contribution is 6.37. The van der Waals surface area contributed by atoms with Crippen molar-refractivity contribution in [2.75, 3.05) is 18.5 Å². The van der Waals surface area contributed by atoms with Gasteiger partial charge in [-0.1, -0.05) is 30.3 Å². The zero-order valence-corrected chi connectivity index (χ0v) is 16.4. The monoisotopic (exact) mass is 389 g/mol. The van der Waals surface area contributed by atoms with Crippen LogP contribution < -0.4 is 10.9 Å². The fourth-order valence-corrected chi connectivity index (χ4v) is 3.56. The molecule has 29 heavy (non-hydrogen) atoms. The van der Waals surface area contributed by atoms with E-state index in [2.05, 4.69) is 10.5 Å². The van der Waals surface area contributed by atoms with E-state index in [-0.39, 0.29) is 11.2 Å². The number of benzene rings is 2. The van der Waals surface area contributed by atoms with E-state index in [0.29, 0.717) is 28.3 Å². The Morgan fingerprint density at radius 2 is 1.79 bits per heavy atom. The molecule has 6 heteroatoms. The Kier molecular flexibility index (Phi) is 5.42. The molecule has 3 aromatic rings. The number of rotatable bonds is 4. The molecule has 1 saturated heterocycles. The van der Waals surface area contributed by atoms with Crippen molar-refractivity contribution in [3.05, 3.63) is 64.8 Å². The van der Waals surface area contributed by atoms with Crippen LogP contribution in [0.3, 0.4) is 0 Å². The molecule has 0 amide bonds. The minimum atomic E-state index is -0.0992. The van der Waals surface area contributed by atoms with Gasteiger partial charge in [0.1, 0.15) is 11.3 Å². The number of nitrogens with zero attached hydrogens (tertiary/aromatic N) is 2. The highest BCUT2D eigenvalue weighted by Gasteiger charge is 2.18. The molecule has 1 N–H and O–H groups in total. The zero-order valence-electron chi connectivity index (χ0n) is 16.4. The molecule has 2 aromatic carbocycles. The van der Waals surface area contributed by atoms with Gasteiger partial charge in [0.25, 0.3) is 0 Å². The second-order valence-corrected chi connectivity index (χ2v) is 7.20. The van der Waals surface area contributed by atoms with Crippen LogP contribution in [0.2, 0.25) is 0 Å². The van der Waals surface area contributed by atoms with Crippen molar-refractivity contribution in [1.82, 2.24) is 4.90 Å². The van der Waals surface area contributed by atoms with E-state index in [1.165, 1.54) is 19.4 Å². The Balaban J connectivity index is 1.65. The normalized spacial score (nSPS) is 14.8. The van der Waals surface area contributed by atoms with Crippen molar-refractivity contribution in [3.8, 4) is 11.3 Å². The minimum Gasteiger partial charge on any atom is -0.456 e. The molecule has 1 aliphatic heterocycles. The molecule has 6 nitrogen and oxygen atoms in total. The van der Waals surface area contributed by atoms with E-state index < -0.39 is 0 Å². The third-order valence-electron chi connectivity index (χ3n) is 5.05. The van der Waals surface area contributed by atoms with Crippen LogP contribution in [-0.2, 0) is 4.79 Å². The van der Waals surface area contributed by atoms with Gasteiger partial charge in [-0.15, -0.1) is 0 Å². The number of anilines is 1. The van der Waals surface area contributed by atoms with Crippen LogP contribution in [0.15, 0.2) is 68.9 Å². The summed E-state index contributed by atoms with van der Waals surface area (Å²) in [5.41, 5.74) is 4.82. The molecule has 1 fully saturated rings. The van der Waals surface area contributed by atoms with Gasteiger partial charge in [0, 0.05) is 37.7 Å². The number of carbonyl (C=O) groups is 1. The molecule has 0 spiro atoms. The number of hydrogen-bond acceptors (Lipinski definition) is 5. The number of Topliss-reactive ketones (excluding diaryl/α,β-unsaturated/α-hetero) is 1. The summed E-state index contributed by atoms with van der Waals surface area (Å²) in [6.07, 6.45) is 3.31. The third-order valence-corrected chi connectivity index (χ3v) is 5.05. The van der Waals surface area contributed by atoms with Crippen molar-refractivity contribution >= 4 is 28.3 Å². The van der Waals surface area contributed by atoms with Gasteiger partial charge in [0.05, 0.1) is 11.1 Å². The molecule has 0 bridgehead atoms. The minimum absolute atomic E-state index is 0.0712. The Morgan fingerprint density at radius 1 is 1.03 bits per heavy atom. The van der Waals surface area contributed by atoms with Crippen molar-refractivity contribution in [3.63, 3.8) is 0 Å². The average Bonchev–Trinajstić information content (AvgIpc) is 2.75. The first-order valence-electron chi connectivity index (χ1n) is 9.85. The standard InChI is InChI=1S/C23H23N3O3/c1-16(27)23(26-12-6-3-7-13-26)25-24-18-10-11-19-20(28)15-21(29-22(19)14-18)17-8-4-2-5-9-17/h2,4-5,8-11,14-15,24H,3,6-7,12-13H2,1H3/b25-23-. The van der Waals surface area contributed by atoms with E-state index >= 15 is 0 Å². The van der Waals surface area contributed by atoms with Crippen molar-refractivity contribution in [1.29, 1.82) is 0 Å². The molecular weight excluding hydrogens is 366 g/mol. The molecule has 148 valence electrons. The first kappa shape index (κ1) is 18.9. The molecule has 0 radical (unpaired) electrons. The smallest absolute Gasteiger partial charge is 0.196 e. The Labute approximate surface area is 168 Å². The SMILES string of the molecule is CC(=O)/C(=N/Nc1ccc2c(=O)cc(-c3ccccc3)oc2c1)N1CCCCC1. The molecule has 0 aliphatic carbocycles. The first-order valence-corrected chi connectivity index (χ1v) is 9.85. The summed E-state index contributed by atoms with van der Waals surface area (Å²) in [4.78, 5) is 26.6. The van der Waals surface area contributed by atoms with Gasteiger partial charge in [-0.2, -0.15) is 5.10 Å². The van der Waals surface area contributed by atoms with Crippen molar-refractivity contribution < 1.29 is 9.21 Å². The Hall–Kier alpha value is -3.41. The highest BCUT2D eigenvalue weighted by Crippen LogP contribution is 2.24. The van der Waals surface area contributed by atoms with Crippen LogP contribution in [0.4, 0.5) is 5.69 Å². The van der Waals surface area contributed by atoms with Gasteiger partial charge in [-0.25, -0.2) is 0 Å². The number of nitrogens with one attached hydrogen (secondary N) is 1. The third kappa shape index (κ3) is 4.21. The van der Waals surface area contributed by atoms with Gasteiger partial charge in [-0.3, -0.25) is 15.0 Å². The molecule has 4 rings (SSSR count). The maximum atomic E-state index is 12.5. The second kappa shape index (κ2) is 8.31. The lowest BCUT2D eigenvalue weighted by Crippen LogP contribution is -2.39. The largest absolute Gasteiger partial charge is 0.456 e. The summed E-state index contributed by atoms with van der Waals surface area (Å²) in [5.74, 6) is 0.879. The van der Waals surface area contributed by atoms with Crippen LogP contribution in [0.5, 0.6) is 0 Å². The van der Waals surface area contributed by atoms with E-state index in [1.807, 2.05) is 35.2 Å². The predicted octanol–water partition coefficient (Wildman–Crippen LogP) is 4.26. The van der Waals surface area contributed by atoms with Crippen molar-refractivity contribution in [2.45, 2.75) is 26.2 Å². The zero-order chi connectivity index (χ0) is 20.2. The highest BCUT2D eigenvalue weighted by atomic mass is 16.3. The quantitative estimate of drug-likeness (QED) is 0.410. The number of ketones is 1. The summed E-state index contributed by atoms with van der Waals surface area (Å²) in [6, 6.07) is 16.2. The molecule has 0 unspecified atom stereocenters. The molecule has 2 heterocycles. The van der Waals surface area contributed by atoms with Crippen LogP contribution in [0.25, 0.3) is 22.3 Å². The van der Waals surface area contributed by atoms with Gasteiger partial charge in [0.15, 0.2) is 17.0 Å². The molecule has 1 aliphatic rings. The van der Waals surface area contributed by atoms with Gasteiger partial charge in [-0.05, 0) is 31.4 Å². The Morgan fingerprint density at radius 3 is 2.52 bits per heavy atom. The number of likely N-dealkylation sites (tertiary alicyclic amines) is 1. The molecule has 1 aromatic heterocycles. The summed E-state index contributed by atoms with van der Waals surface area (Å²) in [6.45, 7) is 3.21. The predicted molar refractivity (Wildman–Crippen MR) is 115 cm³/mol. The second-order valence-electron chi connectivity index (χ2n) is 7.20.